The molecule has 3 rings (SSSR count). The predicted octanol–water partition coefficient (Wildman–Crippen LogP) is 5.29. The van der Waals surface area contributed by atoms with Gasteiger partial charge in [-0.2, -0.15) is 0 Å². The van der Waals surface area contributed by atoms with Crippen LogP contribution in [0.2, 0.25) is 0 Å². The van der Waals surface area contributed by atoms with Gasteiger partial charge < -0.3 is 23.7 Å². The molecule has 0 atom stereocenters. The fourth-order valence-corrected chi connectivity index (χ4v) is 3.22. The molecular weight excluding hydrogens is 410 g/mol. The minimum Gasteiger partial charge on any atom is -0.497 e. The maximum Gasteiger partial charge on any atom is 0.339 e. The minimum atomic E-state index is -1.000. The normalized spacial score (nSPS) is 11.4. The van der Waals surface area contributed by atoms with Crippen LogP contribution in [0, 0.1) is 19.3 Å². The van der Waals surface area contributed by atoms with Crippen molar-refractivity contribution in [2.75, 3.05) is 20.3 Å². The van der Waals surface area contributed by atoms with E-state index >= 15 is 0 Å². The first-order chi connectivity index (χ1) is 15.2. The van der Waals surface area contributed by atoms with Crippen LogP contribution < -0.4 is 9.47 Å². The number of benzene rings is 2. The van der Waals surface area contributed by atoms with Crippen LogP contribution in [-0.2, 0) is 11.3 Å². The Hall–Kier alpha value is -3.32. The second kappa shape index (κ2) is 9.87. The molecule has 7 nitrogen and oxygen atoms in total. The molecular formula is C25H29NO6. The summed E-state index contributed by atoms with van der Waals surface area (Å²) in [5, 5.41) is 9.46. The first kappa shape index (κ1) is 23.3. The molecule has 3 aromatic rings. The number of aromatic carboxylic acids is 1. The molecule has 0 bridgehead atoms. The Balaban J connectivity index is 1.59. The number of rotatable bonds is 10. The Morgan fingerprint density at radius 1 is 1.12 bits per heavy atom. The molecule has 1 N–H and O–H groups in total. The number of aromatic nitrogens is 1. The molecule has 170 valence electrons. The van der Waals surface area contributed by atoms with Gasteiger partial charge in [0, 0.05) is 11.0 Å². The topological polar surface area (TPSA) is 91.0 Å². The van der Waals surface area contributed by atoms with Crippen LogP contribution in [-0.4, -0.2) is 36.4 Å². The number of carboxylic acid groups (broad SMARTS) is 1. The van der Waals surface area contributed by atoms with E-state index in [0.29, 0.717) is 42.8 Å². The maximum absolute atomic E-state index is 11.5. The van der Waals surface area contributed by atoms with Crippen LogP contribution >= 0.6 is 0 Å². The lowest BCUT2D eigenvalue weighted by Gasteiger charge is -2.25. The summed E-state index contributed by atoms with van der Waals surface area (Å²) in [5.74, 6) is 1.31. The summed E-state index contributed by atoms with van der Waals surface area (Å²) >= 11 is 0. The average molecular weight is 440 g/mol. The molecule has 0 unspecified atom stereocenters. The van der Waals surface area contributed by atoms with Gasteiger partial charge in [0.05, 0.1) is 26.9 Å². The van der Waals surface area contributed by atoms with Gasteiger partial charge in [-0.15, -0.1) is 0 Å². The Bertz CT molecular complexity index is 1090. The van der Waals surface area contributed by atoms with Gasteiger partial charge in [0.1, 0.15) is 28.5 Å². The number of nitrogens with zero attached hydrogens (tertiary/aromatic N) is 1. The molecule has 1 aromatic heterocycles. The van der Waals surface area contributed by atoms with E-state index in [-0.39, 0.29) is 11.0 Å². The Labute approximate surface area is 188 Å². The number of carboxylic acids is 1. The van der Waals surface area contributed by atoms with Gasteiger partial charge in [-0.1, -0.05) is 32.0 Å². The van der Waals surface area contributed by atoms with Crippen molar-refractivity contribution in [3.63, 3.8) is 0 Å². The van der Waals surface area contributed by atoms with Crippen LogP contribution in [0.3, 0.4) is 0 Å². The third kappa shape index (κ3) is 5.68. The molecule has 0 spiro atoms. The monoisotopic (exact) mass is 439 g/mol. The summed E-state index contributed by atoms with van der Waals surface area (Å²) in [4.78, 5) is 16.1. The molecule has 2 aromatic carbocycles. The summed E-state index contributed by atoms with van der Waals surface area (Å²) in [5.41, 5.74) is 2.07. The third-order valence-electron chi connectivity index (χ3n) is 5.01. The van der Waals surface area contributed by atoms with E-state index in [1.807, 2.05) is 45.0 Å². The van der Waals surface area contributed by atoms with Gasteiger partial charge in [0.15, 0.2) is 0 Å². The van der Waals surface area contributed by atoms with Crippen molar-refractivity contribution in [2.24, 2.45) is 5.41 Å². The van der Waals surface area contributed by atoms with Crippen molar-refractivity contribution in [3.05, 3.63) is 65.0 Å². The third-order valence-corrected chi connectivity index (χ3v) is 5.01. The smallest absolute Gasteiger partial charge is 0.339 e. The van der Waals surface area contributed by atoms with Gasteiger partial charge in [-0.05, 0) is 43.7 Å². The zero-order valence-electron chi connectivity index (χ0n) is 19.1. The van der Waals surface area contributed by atoms with E-state index in [2.05, 4.69) is 4.98 Å². The van der Waals surface area contributed by atoms with Crippen LogP contribution in [0.1, 0.15) is 41.2 Å². The molecule has 1 heterocycles. The summed E-state index contributed by atoms with van der Waals surface area (Å²) in [6.07, 6.45) is 0. The van der Waals surface area contributed by atoms with E-state index in [1.165, 1.54) is 0 Å². The number of hydrogen-bond acceptors (Lipinski definition) is 6. The number of oxazole rings is 1. The summed E-state index contributed by atoms with van der Waals surface area (Å²) < 4.78 is 22.8. The lowest BCUT2D eigenvalue weighted by molar-refractivity contribution is 0.0239. The lowest BCUT2D eigenvalue weighted by Crippen LogP contribution is -2.27. The average Bonchev–Trinajstić information content (AvgIpc) is 3.12. The van der Waals surface area contributed by atoms with Gasteiger partial charge in [0.25, 0.3) is 0 Å². The van der Waals surface area contributed by atoms with Crippen molar-refractivity contribution < 1.29 is 28.5 Å². The largest absolute Gasteiger partial charge is 0.497 e. The molecule has 0 saturated heterocycles. The molecule has 0 saturated carbocycles. The highest BCUT2D eigenvalue weighted by molar-refractivity contribution is 5.92. The molecule has 0 aliphatic carbocycles. The van der Waals surface area contributed by atoms with Crippen LogP contribution in [0.4, 0.5) is 0 Å². The highest BCUT2D eigenvalue weighted by Crippen LogP contribution is 2.27. The molecule has 32 heavy (non-hydrogen) atoms. The number of carbonyl (C=O) groups is 1. The number of ether oxygens (including phenoxy) is 3. The van der Waals surface area contributed by atoms with E-state index in [4.69, 9.17) is 18.6 Å². The summed E-state index contributed by atoms with van der Waals surface area (Å²) in [7, 11) is 1.62. The zero-order valence-corrected chi connectivity index (χ0v) is 19.1. The number of methoxy groups -OCH3 is 1. The van der Waals surface area contributed by atoms with E-state index in [0.717, 1.165) is 17.0 Å². The molecule has 0 fully saturated rings. The van der Waals surface area contributed by atoms with Crippen LogP contribution in [0.15, 0.2) is 46.9 Å². The van der Waals surface area contributed by atoms with Gasteiger partial charge in [-0.3, -0.25) is 0 Å². The van der Waals surface area contributed by atoms with E-state index in [9.17, 15) is 9.90 Å². The van der Waals surface area contributed by atoms with E-state index < -0.39 is 5.97 Å². The molecule has 7 heteroatoms. The summed E-state index contributed by atoms with van der Waals surface area (Å²) in [6, 6.07) is 12.7. The van der Waals surface area contributed by atoms with Gasteiger partial charge in [0.2, 0.25) is 5.89 Å². The lowest BCUT2D eigenvalue weighted by atomic mass is 9.96. The van der Waals surface area contributed by atoms with Crippen molar-refractivity contribution >= 4 is 5.97 Å². The fraction of sp³-hybridized carbons (Fsp3) is 0.360. The molecule has 0 aliphatic heterocycles. The Morgan fingerprint density at radius 3 is 2.59 bits per heavy atom. The SMILES string of the molecule is COc1cccc(-c2nc(COCC(C)(C)COc3cccc(C)c3C(=O)O)c(C)o2)c1. The highest BCUT2D eigenvalue weighted by Gasteiger charge is 2.23. The van der Waals surface area contributed by atoms with Crippen molar-refractivity contribution in [1.82, 2.24) is 4.98 Å². The van der Waals surface area contributed by atoms with Gasteiger partial charge in [-0.25, -0.2) is 9.78 Å². The second-order valence-electron chi connectivity index (χ2n) is 8.45. The van der Waals surface area contributed by atoms with E-state index in [1.54, 1.807) is 32.2 Å². The Kier molecular flexibility index (Phi) is 7.20. The minimum absolute atomic E-state index is 0.188. The number of hydrogen-bond donors (Lipinski definition) is 1. The number of aryl methyl sites for hydroxylation is 2. The quantitative estimate of drug-likeness (QED) is 0.459. The standard InChI is InChI=1S/C25H29NO6/c1-16-8-6-11-21(22(16)24(27)28)31-15-25(3,4)14-30-13-20-17(2)32-23(26-20)18-9-7-10-19(12-18)29-5/h6-12H,13-15H2,1-5H3,(H,27,28). The first-order valence-corrected chi connectivity index (χ1v) is 10.3. The maximum atomic E-state index is 11.5. The first-order valence-electron chi connectivity index (χ1n) is 10.3. The van der Waals surface area contributed by atoms with Crippen LogP contribution in [0.5, 0.6) is 11.5 Å². The second-order valence-corrected chi connectivity index (χ2v) is 8.45. The Morgan fingerprint density at radius 2 is 1.88 bits per heavy atom. The van der Waals surface area contributed by atoms with Crippen LogP contribution in [0.25, 0.3) is 11.5 Å². The van der Waals surface area contributed by atoms with Crippen molar-refractivity contribution in [2.45, 2.75) is 34.3 Å². The zero-order chi connectivity index (χ0) is 23.3. The predicted molar refractivity (Wildman–Crippen MR) is 120 cm³/mol. The molecule has 0 radical (unpaired) electrons. The van der Waals surface area contributed by atoms with Crippen molar-refractivity contribution in [1.29, 1.82) is 0 Å². The summed E-state index contributed by atoms with van der Waals surface area (Å²) in [6.45, 7) is 8.62. The van der Waals surface area contributed by atoms with Crippen molar-refractivity contribution in [3.8, 4) is 23.0 Å². The van der Waals surface area contributed by atoms with Gasteiger partial charge >= 0.3 is 5.97 Å². The molecule has 0 aliphatic rings. The molecule has 0 amide bonds. The fourth-order valence-electron chi connectivity index (χ4n) is 3.22. The highest BCUT2D eigenvalue weighted by atomic mass is 16.5.